The van der Waals surface area contributed by atoms with E-state index in [1.165, 1.54) is 22.3 Å². The highest BCUT2D eigenvalue weighted by Gasteiger charge is 2.57. The van der Waals surface area contributed by atoms with Crippen LogP contribution in [0.15, 0.2) is 52.6 Å². The number of aliphatic carboxylic acids is 1. The minimum Gasteiger partial charge on any atom is -0.504 e. The summed E-state index contributed by atoms with van der Waals surface area (Å²) in [6.45, 7) is 9.17. The summed E-state index contributed by atoms with van der Waals surface area (Å²) < 4.78 is 0. The number of hydrogen-bond acceptors (Lipinski definition) is 7. The number of hydrogen-bond donors (Lipinski definition) is 4. The third kappa shape index (κ3) is 4.01. The second-order valence-corrected chi connectivity index (χ2v) is 11.9. The van der Waals surface area contributed by atoms with Crippen LogP contribution in [0.3, 0.4) is 0 Å². The fourth-order valence-corrected chi connectivity index (χ4v) is 8.08. The summed E-state index contributed by atoms with van der Waals surface area (Å²) in [5, 5.41) is 32.6. The van der Waals surface area contributed by atoms with E-state index in [0.29, 0.717) is 5.82 Å². The fraction of sp³-hybridized carbons (Fsp3) is 0.438. The SMILES string of the molecule is CC1=CC2=CC(C)=C1C2C1(C(C)c2nc(C)c(O)c(C(=O)NCC(=O)O)n2)c2ccc(c(CO)c2)N2CCC1CC2. The van der Waals surface area contributed by atoms with Gasteiger partial charge >= 0.3 is 5.97 Å². The van der Waals surface area contributed by atoms with Crippen LogP contribution in [0.1, 0.15) is 72.7 Å². The van der Waals surface area contributed by atoms with Crippen molar-refractivity contribution in [2.24, 2.45) is 11.8 Å². The number of carbonyl (C=O) groups is 2. The van der Waals surface area contributed by atoms with Gasteiger partial charge in [0.05, 0.1) is 12.3 Å². The number of fused-ring (bicyclic) bond motifs is 2. The molecule has 9 heteroatoms. The molecule has 4 N–H and O–H groups in total. The number of aryl methyl sites for hydroxylation is 1. The number of piperidine rings is 1. The van der Waals surface area contributed by atoms with E-state index in [4.69, 9.17) is 10.1 Å². The Bertz CT molecular complexity index is 1570. The van der Waals surface area contributed by atoms with E-state index in [1.54, 1.807) is 6.92 Å². The quantitative estimate of drug-likeness (QED) is 0.403. The molecule has 6 bridgehead atoms. The van der Waals surface area contributed by atoms with Crippen molar-refractivity contribution in [3.8, 4) is 5.75 Å². The molecule has 0 saturated carbocycles. The topological polar surface area (TPSA) is 136 Å². The maximum Gasteiger partial charge on any atom is 0.322 e. The minimum atomic E-state index is -1.19. The van der Waals surface area contributed by atoms with Gasteiger partial charge in [0.25, 0.3) is 5.91 Å². The van der Waals surface area contributed by atoms with Crippen LogP contribution < -0.4 is 10.2 Å². The van der Waals surface area contributed by atoms with Gasteiger partial charge in [0, 0.05) is 41.6 Å². The van der Waals surface area contributed by atoms with Crippen molar-refractivity contribution >= 4 is 17.6 Å². The molecule has 3 unspecified atom stereocenters. The molecule has 1 fully saturated rings. The van der Waals surface area contributed by atoms with Crippen molar-refractivity contribution in [3.63, 3.8) is 0 Å². The monoisotopic (exact) mass is 556 g/mol. The molecule has 1 amide bonds. The maximum atomic E-state index is 13.0. The van der Waals surface area contributed by atoms with Crippen LogP contribution in [0.5, 0.6) is 5.75 Å². The van der Waals surface area contributed by atoms with Crippen molar-refractivity contribution in [1.29, 1.82) is 0 Å². The van der Waals surface area contributed by atoms with Crippen molar-refractivity contribution in [2.45, 2.75) is 58.5 Å². The lowest BCUT2D eigenvalue weighted by Crippen LogP contribution is -2.50. The Morgan fingerprint density at radius 3 is 2.51 bits per heavy atom. The smallest absolute Gasteiger partial charge is 0.322 e. The molecule has 214 valence electrons. The molecule has 9 rings (SSSR count). The first-order valence-electron chi connectivity index (χ1n) is 14.3. The van der Waals surface area contributed by atoms with E-state index in [9.17, 15) is 19.8 Å². The number of nitrogens with zero attached hydrogens (tertiary/aromatic N) is 3. The number of carboxylic acid groups (broad SMARTS) is 1. The predicted molar refractivity (Wildman–Crippen MR) is 154 cm³/mol. The number of allylic oxidation sites excluding steroid dienone is 6. The second-order valence-electron chi connectivity index (χ2n) is 11.9. The van der Waals surface area contributed by atoms with Gasteiger partial charge in [-0.1, -0.05) is 31.2 Å². The zero-order valence-electron chi connectivity index (χ0n) is 23.9. The molecule has 1 aromatic carbocycles. The van der Waals surface area contributed by atoms with Gasteiger partial charge in [-0.25, -0.2) is 9.97 Å². The Kier molecular flexibility index (Phi) is 6.53. The highest BCUT2D eigenvalue weighted by molar-refractivity contribution is 5.96. The van der Waals surface area contributed by atoms with Gasteiger partial charge in [-0.05, 0) is 73.5 Å². The summed E-state index contributed by atoms with van der Waals surface area (Å²) in [4.78, 5) is 35.9. The lowest BCUT2D eigenvalue weighted by Gasteiger charge is -2.51. The van der Waals surface area contributed by atoms with Gasteiger partial charge in [-0.2, -0.15) is 0 Å². The van der Waals surface area contributed by atoms with Crippen molar-refractivity contribution in [2.75, 3.05) is 24.5 Å². The third-order valence-corrected chi connectivity index (χ3v) is 9.77. The van der Waals surface area contributed by atoms with Gasteiger partial charge in [-0.15, -0.1) is 0 Å². The largest absolute Gasteiger partial charge is 0.504 e. The lowest BCUT2D eigenvalue weighted by molar-refractivity contribution is -0.135. The van der Waals surface area contributed by atoms with Crippen molar-refractivity contribution < 1.29 is 24.9 Å². The number of nitrogens with one attached hydrogen (secondary N) is 1. The Balaban J connectivity index is 1.59. The number of aliphatic hydroxyl groups is 1. The molecular formula is C32H36N4O5. The summed E-state index contributed by atoms with van der Waals surface area (Å²) >= 11 is 0. The summed E-state index contributed by atoms with van der Waals surface area (Å²) in [6.07, 6.45) is 6.45. The van der Waals surface area contributed by atoms with E-state index in [0.717, 1.165) is 42.7 Å². The molecule has 9 nitrogen and oxygen atoms in total. The highest BCUT2D eigenvalue weighted by atomic mass is 16.4. The Morgan fingerprint density at radius 1 is 1.15 bits per heavy atom. The lowest BCUT2D eigenvalue weighted by atomic mass is 9.52. The number of benzene rings is 1. The number of aromatic hydroxyl groups is 1. The maximum absolute atomic E-state index is 13.0. The Hall–Kier alpha value is -3.98. The van der Waals surface area contributed by atoms with E-state index < -0.39 is 23.8 Å². The summed E-state index contributed by atoms with van der Waals surface area (Å²) in [7, 11) is 0. The molecule has 7 aliphatic rings. The first-order chi connectivity index (χ1) is 19.6. The van der Waals surface area contributed by atoms with Crippen LogP contribution in [0.2, 0.25) is 0 Å². The molecule has 3 atom stereocenters. The number of aliphatic hydroxyl groups excluding tert-OH is 1. The van der Waals surface area contributed by atoms with Crippen molar-refractivity contribution in [1.82, 2.24) is 15.3 Å². The van der Waals surface area contributed by atoms with Crippen molar-refractivity contribution in [3.05, 3.63) is 81.0 Å². The van der Waals surface area contributed by atoms with Gasteiger partial charge in [0.1, 0.15) is 12.4 Å². The molecule has 2 aliphatic carbocycles. The third-order valence-electron chi connectivity index (χ3n) is 9.77. The van der Waals surface area contributed by atoms with Gasteiger partial charge in [0.15, 0.2) is 11.4 Å². The number of anilines is 1. The number of aromatic nitrogens is 2. The molecule has 1 aromatic heterocycles. The molecular weight excluding hydrogens is 520 g/mol. The van der Waals surface area contributed by atoms with E-state index in [-0.39, 0.29) is 41.5 Å². The fourth-order valence-electron chi connectivity index (χ4n) is 8.08. The first-order valence-corrected chi connectivity index (χ1v) is 14.3. The molecule has 0 spiro atoms. The average Bonchev–Trinajstić information content (AvgIpc) is 3.50. The normalized spacial score (nSPS) is 25.0. The number of carboxylic acids is 1. The number of rotatable bonds is 7. The molecule has 6 heterocycles. The predicted octanol–water partition coefficient (Wildman–Crippen LogP) is 3.90. The van der Waals surface area contributed by atoms with Crippen LogP contribution in [-0.2, 0) is 16.8 Å². The zero-order chi connectivity index (χ0) is 29.2. The van der Waals surface area contributed by atoms with Crippen LogP contribution in [0, 0.1) is 18.8 Å². The van der Waals surface area contributed by atoms with Gasteiger partial charge in [-0.3, -0.25) is 9.59 Å². The number of amides is 1. The first kappa shape index (κ1) is 27.2. The highest BCUT2D eigenvalue weighted by Crippen LogP contribution is 2.63. The summed E-state index contributed by atoms with van der Waals surface area (Å²) in [6, 6.07) is 6.48. The molecule has 41 heavy (non-hydrogen) atoms. The van der Waals surface area contributed by atoms with Gasteiger partial charge < -0.3 is 25.5 Å². The Morgan fingerprint density at radius 2 is 1.88 bits per heavy atom. The standard InChI is InChI=1S/C32H36N4O5/c1-16-11-20-12-17(2)26(16)27(20)32(22-7-9-36(10-8-22)24-6-5-23(32)13-21(24)15-37)18(3)30-34-19(4)29(40)28(35-30)31(41)33-14-25(38)39/h5-6,11-13,18,22,27,37,40H,7-10,14-15H2,1-4H3,(H,33,41)(H,38,39). The molecule has 0 radical (unpaired) electrons. The second kappa shape index (κ2) is 9.83. The van der Waals surface area contributed by atoms with Gasteiger partial charge in [0.2, 0.25) is 0 Å². The Labute approximate surface area is 239 Å². The van der Waals surface area contributed by atoms with E-state index >= 15 is 0 Å². The van der Waals surface area contributed by atoms with Crippen LogP contribution >= 0.6 is 0 Å². The molecule has 5 aliphatic heterocycles. The molecule has 2 aromatic rings. The van der Waals surface area contributed by atoms with Crippen LogP contribution in [-0.4, -0.2) is 56.8 Å². The van der Waals surface area contributed by atoms with Crippen LogP contribution in [0.25, 0.3) is 0 Å². The molecule has 1 saturated heterocycles. The summed E-state index contributed by atoms with van der Waals surface area (Å²) in [5.41, 5.74) is 7.70. The average molecular weight is 557 g/mol. The van der Waals surface area contributed by atoms with E-state index in [2.05, 4.69) is 66.3 Å². The van der Waals surface area contributed by atoms with E-state index in [1.807, 2.05) is 0 Å². The zero-order valence-corrected chi connectivity index (χ0v) is 23.9. The minimum absolute atomic E-state index is 0.0477. The number of carbonyl (C=O) groups excluding carboxylic acids is 1. The summed E-state index contributed by atoms with van der Waals surface area (Å²) in [5.74, 6) is -1.87. The van der Waals surface area contributed by atoms with Crippen LogP contribution in [0.4, 0.5) is 5.69 Å².